The van der Waals surface area contributed by atoms with Gasteiger partial charge in [0, 0.05) is 5.54 Å². The van der Waals surface area contributed by atoms with Crippen molar-refractivity contribution in [2.24, 2.45) is 27.4 Å². The second kappa shape index (κ2) is 2.61. The molecule has 0 atom stereocenters. The molecule has 0 heterocycles. The predicted octanol–water partition coefficient (Wildman–Crippen LogP) is 3.82. The van der Waals surface area contributed by atoms with Crippen molar-refractivity contribution in [1.82, 2.24) is 0 Å². The predicted molar refractivity (Wildman–Crippen MR) is 67.7 cm³/mol. The molecule has 1 heteroatoms. The van der Waals surface area contributed by atoms with Crippen molar-refractivity contribution >= 4 is 0 Å². The second-order valence-electron chi connectivity index (χ2n) is 7.70. The van der Waals surface area contributed by atoms with Gasteiger partial charge in [-0.25, -0.2) is 0 Å². The van der Waals surface area contributed by atoms with Crippen molar-refractivity contribution in [2.45, 2.75) is 67.9 Å². The average molecular weight is 211 g/mol. The summed E-state index contributed by atoms with van der Waals surface area (Å²) < 4.78 is 0. The van der Waals surface area contributed by atoms with Crippen molar-refractivity contribution < 1.29 is 0 Å². The van der Waals surface area contributed by atoms with Gasteiger partial charge in [-0.05, 0) is 28.6 Å². The number of nitrogens with two attached hydrogens (primary N) is 1. The molecule has 0 aromatic carbocycles. The van der Waals surface area contributed by atoms with E-state index in [2.05, 4.69) is 62.3 Å². The van der Waals surface area contributed by atoms with Gasteiger partial charge in [0.15, 0.2) is 0 Å². The van der Waals surface area contributed by atoms with E-state index in [9.17, 15) is 0 Å². The first-order valence-corrected chi connectivity index (χ1v) is 6.04. The summed E-state index contributed by atoms with van der Waals surface area (Å²) in [5.74, 6) is 0. The summed E-state index contributed by atoms with van der Waals surface area (Å²) in [6.45, 7) is 21.0. The first-order chi connectivity index (χ1) is 6.25. The zero-order valence-corrected chi connectivity index (χ0v) is 12.1. The first kappa shape index (κ1) is 13.0. The molecular weight excluding hydrogens is 182 g/mol. The summed E-state index contributed by atoms with van der Waals surface area (Å²) in [6, 6.07) is 0. The van der Waals surface area contributed by atoms with E-state index in [0.29, 0.717) is 0 Å². The zero-order chi connectivity index (χ0) is 12.5. The molecule has 0 unspecified atom stereocenters. The molecule has 0 bridgehead atoms. The van der Waals surface area contributed by atoms with Crippen molar-refractivity contribution in [3.8, 4) is 0 Å². The van der Waals surface area contributed by atoms with Crippen LogP contribution in [0, 0.1) is 21.7 Å². The number of hydrogen-bond acceptors (Lipinski definition) is 1. The van der Waals surface area contributed by atoms with Gasteiger partial charge in [0.25, 0.3) is 0 Å². The number of rotatable bonds is 0. The van der Waals surface area contributed by atoms with Gasteiger partial charge in [-0.15, -0.1) is 0 Å². The van der Waals surface area contributed by atoms with Crippen LogP contribution in [-0.4, -0.2) is 5.54 Å². The maximum Gasteiger partial charge on any atom is 0.0239 e. The Kier molecular flexibility index (Phi) is 2.27. The van der Waals surface area contributed by atoms with E-state index in [4.69, 9.17) is 5.73 Å². The minimum atomic E-state index is -0.146. The molecular formula is C14H29N. The maximum atomic E-state index is 6.68. The molecule has 0 spiro atoms. The molecule has 1 aliphatic carbocycles. The highest BCUT2D eigenvalue weighted by molar-refractivity contribution is 5.24. The minimum Gasteiger partial charge on any atom is -0.324 e. The molecule has 1 rings (SSSR count). The Balaban J connectivity index is 3.55. The zero-order valence-electron chi connectivity index (χ0n) is 12.1. The van der Waals surface area contributed by atoms with E-state index in [1.807, 2.05) is 0 Å². The average Bonchev–Trinajstić information content (AvgIpc) is 2.04. The molecule has 0 saturated heterocycles. The van der Waals surface area contributed by atoms with Gasteiger partial charge in [-0.2, -0.15) is 0 Å². The van der Waals surface area contributed by atoms with Gasteiger partial charge < -0.3 is 5.73 Å². The summed E-state index contributed by atoms with van der Waals surface area (Å²) in [5.41, 5.74) is 7.26. The topological polar surface area (TPSA) is 26.0 Å². The molecule has 1 fully saturated rings. The van der Waals surface area contributed by atoms with E-state index in [1.165, 1.54) is 0 Å². The van der Waals surface area contributed by atoms with Crippen LogP contribution in [0.15, 0.2) is 0 Å². The quantitative estimate of drug-likeness (QED) is 0.647. The Bertz CT molecular complexity index is 190. The van der Waals surface area contributed by atoms with Crippen LogP contribution in [0.1, 0.15) is 62.3 Å². The van der Waals surface area contributed by atoms with E-state index in [0.717, 1.165) is 0 Å². The lowest BCUT2D eigenvalue weighted by molar-refractivity contribution is 0.0135. The van der Waals surface area contributed by atoms with Gasteiger partial charge in [-0.3, -0.25) is 0 Å². The van der Waals surface area contributed by atoms with Gasteiger partial charge in [0.05, 0.1) is 0 Å². The fourth-order valence-corrected chi connectivity index (χ4v) is 3.64. The lowest BCUT2D eigenvalue weighted by Gasteiger charge is -2.47. The minimum absolute atomic E-state index is 0.132. The third-order valence-electron chi connectivity index (χ3n) is 7.28. The van der Waals surface area contributed by atoms with Crippen molar-refractivity contribution in [1.29, 1.82) is 0 Å². The highest BCUT2D eigenvalue weighted by Crippen LogP contribution is 2.73. The third kappa shape index (κ3) is 0.988. The first-order valence-electron chi connectivity index (χ1n) is 6.04. The highest BCUT2D eigenvalue weighted by Gasteiger charge is 2.72. The standard InChI is InChI=1S/C14H29N/c1-10(2)11(3,4)13(7,8)14(9,15)12(10,5)6/h15H2,1-9H3. The van der Waals surface area contributed by atoms with Crippen LogP contribution < -0.4 is 5.73 Å². The highest BCUT2D eigenvalue weighted by atomic mass is 14.9. The second-order valence-corrected chi connectivity index (χ2v) is 7.70. The number of hydrogen-bond donors (Lipinski definition) is 1. The molecule has 0 amide bonds. The van der Waals surface area contributed by atoms with Gasteiger partial charge in [0.2, 0.25) is 0 Å². The lowest BCUT2D eigenvalue weighted by atomic mass is 9.57. The Morgan fingerprint density at radius 1 is 0.467 bits per heavy atom. The van der Waals surface area contributed by atoms with Crippen molar-refractivity contribution in [2.75, 3.05) is 0 Å². The fourth-order valence-electron chi connectivity index (χ4n) is 3.64. The molecule has 0 aliphatic heterocycles. The summed E-state index contributed by atoms with van der Waals surface area (Å²) >= 11 is 0. The molecule has 2 N–H and O–H groups in total. The molecule has 0 radical (unpaired) electrons. The fraction of sp³-hybridized carbons (Fsp3) is 1.00. The summed E-state index contributed by atoms with van der Waals surface area (Å²) in [4.78, 5) is 0. The summed E-state index contributed by atoms with van der Waals surface area (Å²) in [6.07, 6.45) is 0. The SMILES string of the molecule is CC1(C)C(C)(C)C(C)(C)C(C)(N)C1(C)C. The lowest BCUT2D eigenvalue weighted by Crippen LogP contribution is -2.57. The Hall–Kier alpha value is -0.0400. The van der Waals surface area contributed by atoms with E-state index in [1.54, 1.807) is 0 Å². The van der Waals surface area contributed by atoms with Crippen LogP contribution in [-0.2, 0) is 0 Å². The van der Waals surface area contributed by atoms with Gasteiger partial charge in [0.1, 0.15) is 0 Å². The van der Waals surface area contributed by atoms with E-state index in [-0.39, 0.29) is 27.2 Å². The molecule has 0 aromatic heterocycles. The Labute approximate surface area is 95.8 Å². The third-order valence-corrected chi connectivity index (χ3v) is 7.28. The molecule has 0 aromatic rings. The van der Waals surface area contributed by atoms with Crippen molar-refractivity contribution in [3.63, 3.8) is 0 Å². The van der Waals surface area contributed by atoms with Crippen molar-refractivity contribution in [3.05, 3.63) is 0 Å². The van der Waals surface area contributed by atoms with Gasteiger partial charge >= 0.3 is 0 Å². The normalized spacial score (nSPS) is 34.0. The van der Waals surface area contributed by atoms with Crippen LogP contribution in [0.4, 0.5) is 0 Å². The summed E-state index contributed by atoms with van der Waals surface area (Å²) in [7, 11) is 0. The molecule has 90 valence electrons. The van der Waals surface area contributed by atoms with Crippen LogP contribution >= 0.6 is 0 Å². The smallest absolute Gasteiger partial charge is 0.0239 e. The summed E-state index contributed by atoms with van der Waals surface area (Å²) in [5, 5.41) is 0. The van der Waals surface area contributed by atoms with E-state index < -0.39 is 0 Å². The van der Waals surface area contributed by atoms with E-state index >= 15 is 0 Å². The molecule has 1 aliphatic rings. The van der Waals surface area contributed by atoms with Crippen LogP contribution in [0.2, 0.25) is 0 Å². The van der Waals surface area contributed by atoms with Crippen LogP contribution in [0.25, 0.3) is 0 Å². The maximum absolute atomic E-state index is 6.68. The monoisotopic (exact) mass is 211 g/mol. The Morgan fingerprint density at radius 3 is 0.733 bits per heavy atom. The molecule has 15 heavy (non-hydrogen) atoms. The van der Waals surface area contributed by atoms with Crippen LogP contribution in [0.5, 0.6) is 0 Å². The Morgan fingerprint density at radius 2 is 0.667 bits per heavy atom. The van der Waals surface area contributed by atoms with Gasteiger partial charge in [-0.1, -0.05) is 55.4 Å². The largest absolute Gasteiger partial charge is 0.324 e. The molecule has 1 saturated carbocycles. The van der Waals surface area contributed by atoms with Crippen LogP contribution in [0.3, 0.4) is 0 Å². The molecule has 1 nitrogen and oxygen atoms in total.